The molecule has 1 aromatic rings. The van der Waals surface area contributed by atoms with Gasteiger partial charge >= 0.3 is 0 Å². The maximum atomic E-state index is 3.72. The molecular weight excluding hydrogens is 286 g/mol. The normalized spacial score (nSPS) is 23.1. The molecular formula is C16H24BrN. The van der Waals surface area contributed by atoms with Crippen molar-refractivity contribution in [1.82, 2.24) is 5.32 Å². The van der Waals surface area contributed by atoms with Gasteiger partial charge in [-0.25, -0.2) is 0 Å². The predicted molar refractivity (Wildman–Crippen MR) is 82.0 cm³/mol. The Kier molecular flexibility index (Phi) is 5.25. The van der Waals surface area contributed by atoms with Crippen molar-refractivity contribution in [2.24, 2.45) is 5.92 Å². The zero-order chi connectivity index (χ0) is 13.0. The van der Waals surface area contributed by atoms with Gasteiger partial charge in [0.2, 0.25) is 0 Å². The van der Waals surface area contributed by atoms with Crippen LogP contribution in [0.4, 0.5) is 0 Å². The van der Waals surface area contributed by atoms with Crippen LogP contribution in [0.2, 0.25) is 0 Å². The van der Waals surface area contributed by atoms with Crippen LogP contribution in [0.5, 0.6) is 0 Å². The zero-order valence-corrected chi connectivity index (χ0v) is 13.0. The van der Waals surface area contributed by atoms with E-state index in [1.807, 2.05) is 0 Å². The van der Waals surface area contributed by atoms with Gasteiger partial charge in [0.05, 0.1) is 0 Å². The third-order valence-electron chi connectivity index (χ3n) is 4.33. The minimum atomic E-state index is 0.749. The molecule has 0 aliphatic heterocycles. The lowest BCUT2D eigenvalue weighted by molar-refractivity contribution is 0.272. The van der Waals surface area contributed by atoms with Crippen LogP contribution in [0.15, 0.2) is 28.7 Å². The monoisotopic (exact) mass is 309 g/mol. The van der Waals surface area contributed by atoms with E-state index in [1.54, 1.807) is 0 Å². The molecule has 0 bridgehead atoms. The van der Waals surface area contributed by atoms with E-state index in [0.29, 0.717) is 0 Å². The van der Waals surface area contributed by atoms with E-state index in [2.05, 4.69) is 59.4 Å². The second-order valence-electron chi connectivity index (χ2n) is 5.51. The summed E-state index contributed by atoms with van der Waals surface area (Å²) >= 11 is 3.49. The van der Waals surface area contributed by atoms with Crippen molar-refractivity contribution in [3.8, 4) is 0 Å². The second kappa shape index (κ2) is 6.72. The highest BCUT2D eigenvalue weighted by Gasteiger charge is 2.29. The Morgan fingerprint density at radius 3 is 2.33 bits per heavy atom. The van der Waals surface area contributed by atoms with Gasteiger partial charge in [0, 0.05) is 10.5 Å². The summed E-state index contributed by atoms with van der Waals surface area (Å²) in [7, 11) is 0. The van der Waals surface area contributed by atoms with E-state index in [9.17, 15) is 0 Å². The molecule has 0 unspecified atom stereocenters. The van der Waals surface area contributed by atoms with E-state index >= 15 is 0 Å². The van der Waals surface area contributed by atoms with E-state index in [1.165, 1.54) is 42.3 Å². The summed E-state index contributed by atoms with van der Waals surface area (Å²) in [6, 6.07) is 9.57. The van der Waals surface area contributed by atoms with Crippen LogP contribution < -0.4 is 5.32 Å². The average Bonchev–Trinajstić information content (AvgIpc) is 2.34. The van der Waals surface area contributed by atoms with Crippen molar-refractivity contribution in [3.63, 3.8) is 0 Å². The standard InChI is InChI=1S/C16H24BrN/c1-3-12(4-2)11-18-16-9-14(10-16)13-5-7-15(17)8-6-13/h5-8,12,14,16,18H,3-4,9-11H2,1-2H3. The summed E-state index contributed by atoms with van der Waals surface area (Å²) in [4.78, 5) is 0. The van der Waals surface area contributed by atoms with Gasteiger partial charge in [0.25, 0.3) is 0 Å². The Bertz CT molecular complexity index is 350. The van der Waals surface area contributed by atoms with Crippen LogP contribution in [-0.4, -0.2) is 12.6 Å². The molecule has 1 aliphatic rings. The number of hydrogen-bond acceptors (Lipinski definition) is 1. The van der Waals surface area contributed by atoms with Crippen molar-refractivity contribution in [3.05, 3.63) is 34.3 Å². The lowest BCUT2D eigenvalue weighted by Crippen LogP contribution is -2.42. The Labute approximate surface area is 119 Å². The topological polar surface area (TPSA) is 12.0 Å². The first-order valence-corrected chi connectivity index (χ1v) is 8.01. The molecule has 1 aromatic carbocycles. The highest BCUT2D eigenvalue weighted by Crippen LogP contribution is 2.37. The third-order valence-corrected chi connectivity index (χ3v) is 4.86. The number of halogens is 1. The minimum absolute atomic E-state index is 0.749. The minimum Gasteiger partial charge on any atom is -0.314 e. The highest BCUT2D eigenvalue weighted by molar-refractivity contribution is 9.10. The molecule has 0 amide bonds. The van der Waals surface area contributed by atoms with Crippen molar-refractivity contribution in [2.75, 3.05) is 6.54 Å². The summed E-state index contributed by atoms with van der Waals surface area (Å²) in [5.41, 5.74) is 1.50. The summed E-state index contributed by atoms with van der Waals surface area (Å²) < 4.78 is 1.17. The van der Waals surface area contributed by atoms with Crippen LogP contribution >= 0.6 is 15.9 Å². The molecule has 0 atom stereocenters. The lowest BCUT2D eigenvalue weighted by atomic mass is 9.76. The fourth-order valence-corrected chi connectivity index (χ4v) is 2.97. The first-order chi connectivity index (χ1) is 8.72. The summed E-state index contributed by atoms with van der Waals surface area (Å²) in [5, 5.41) is 3.72. The summed E-state index contributed by atoms with van der Waals surface area (Å²) in [6.07, 6.45) is 5.21. The van der Waals surface area contributed by atoms with E-state index in [0.717, 1.165) is 17.9 Å². The molecule has 2 heteroatoms. The summed E-state index contributed by atoms with van der Waals surface area (Å²) in [5.74, 6) is 1.63. The Morgan fingerprint density at radius 1 is 1.17 bits per heavy atom. The van der Waals surface area contributed by atoms with Gasteiger partial charge in [0.1, 0.15) is 0 Å². The SMILES string of the molecule is CCC(CC)CNC1CC(c2ccc(Br)cc2)C1. The molecule has 2 rings (SSSR count). The highest BCUT2D eigenvalue weighted by atomic mass is 79.9. The molecule has 0 saturated heterocycles. The first kappa shape index (κ1) is 14.1. The largest absolute Gasteiger partial charge is 0.314 e. The average molecular weight is 310 g/mol. The molecule has 0 aromatic heterocycles. The van der Waals surface area contributed by atoms with Gasteiger partial charge in [-0.15, -0.1) is 0 Å². The number of benzene rings is 1. The van der Waals surface area contributed by atoms with Crippen LogP contribution in [0.25, 0.3) is 0 Å². The summed E-state index contributed by atoms with van der Waals surface area (Å²) in [6.45, 7) is 5.78. The second-order valence-corrected chi connectivity index (χ2v) is 6.42. The predicted octanol–water partition coefficient (Wildman–Crippen LogP) is 4.72. The van der Waals surface area contributed by atoms with Crippen molar-refractivity contribution in [2.45, 2.75) is 51.5 Å². The van der Waals surface area contributed by atoms with Crippen LogP contribution in [0.3, 0.4) is 0 Å². The number of rotatable bonds is 6. The van der Waals surface area contributed by atoms with Gasteiger partial charge in [-0.1, -0.05) is 54.8 Å². The van der Waals surface area contributed by atoms with Crippen LogP contribution in [-0.2, 0) is 0 Å². The van der Waals surface area contributed by atoms with Crippen molar-refractivity contribution < 1.29 is 0 Å². The fourth-order valence-electron chi connectivity index (χ4n) is 2.70. The molecule has 1 aliphatic carbocycles. The van der Waals surface area contributed by atoms with Crippen molar-refractivity contribution in [1.29, 1.82) is 0 Å². The van der Waals surface area contributed by atoms with Gasteiger partial charge in [-0.3, -0.25) is 0 Å². The van der Waals surface area contributed by atoms with Crippen LogP contribution in [0.1, 0.15) is 51.0 Å². The van der Waals surface area contributed by atoms with E-state index in [-0.39, 0.29) is 0 Å². The van der Waals surface area contributed by atoms with Gasteiger partial charge in [-0.05, 0) is 48.9 Å². The van der Waals surface area contributed by atoms with Gasteiger partial charge in [-0.2, -0.15) is 0 Å². The molecule has 1 nitrogen and oxygen atoms in total. The lowest BCUT2D eigenvalue weighted by Gasteiger charge is -2.37. The molecule has 1 fully saturated rings. The Morgan fingerprint density at radius 2 is 1.78 bits per heavy atom. The molecule has 100 valence electrons. The first-order valence-electron chi connectivity index (χ1n) is 7.21. The van der Waals surface area contributed by atoms with Gasteiger partial charge in [0.15, 0.2) is 0 Å². The maximum Gasteiger partial charge on any atom is 0.0175 e. The fraction of sp³-hybridized carbons (Fsp3) is 0.625. The van der Waals surface area contributed by atoms with Gasteiger partial charge < -0.3 is 5.32 Å². The molecule has 0 heterocycles. The zero-order valence-electron chi connectivity index (χ0n) is 11.5. The quantitative estimate of drug-likeness (QED) is 0.801. The maximum absolute atomic E-state index is 3.72. The smallest absolute Gasteiger partial charge is 0.0175 e. The molecule has 1 saturated carbocycles. The third kappa shape index (κ3) is 3.58. The Hall–Kier alpha value is -0.340. The number of hydrogen-bond donors (Lipinski definition) is 1. The molecule has 1 N–H and O–H groups in total. The van der Waals surface area contributed by atoms with E-state index in [4.69, 9.17) is 0 Å². The number of nitrogens with one attached hydrogen (secondary N) is 1. The molecule has 0 spiro atoms. The molecule has 18 heavy (non-hydrogen) atoms. The Balaban J connectivity index is 1.72. The van der Waals surface area contributed by atoms with E-state index < -0.39 is 0 Å². The van der Waals surface area contributed by atoms with Crippen molar-refractivity contribution >= 4 is 15.9 Å². The van der Waals surface area contributed by atoms with Crippen LogP contribution in [0, 0.1) is 5.92 Å². The molecule has 0 radical (unpaired) electrons.